The average molecular weight is 214 g/mol. The average Bonchev–Trinajstić information content (AvgIpc) is 2.45. The molecule has 0 amide bonds. The fourth-order valence-electron chi connectivity index (χ4n) is 1.81. The van der Waals surface area contributed by atoms with E-state index < -0.39 is 17.9 Å². The summed E-state index contributed by atoms with van der Waals surface area (Å²) in [4.78, 5) is 0. The quantitative estimate of drug-likeness (QED) is 0.700. The second-order valence-electron chi connectivity index (χ2n) is 3.43. The Hall–Kier alpha value is -0.960. The molecule has 0 radical (unpaired) electrons. The Kier molecular flexibility index (Phi) is 3.45. The number of benzene rings is 1. The van der Waals surface area contributed by atoms with Crippen molar-refractivity contribution in [1.82, 2.24) is 0 Å². The molecular formula is C12H16F2O. The summed E-state index contributed by atoms with van der Waals surface area (Å²) < 4.78 is 26.5. The molecule has 0 unspecified atom stereocenters. The predicted molar refractivity (Wildman–Crippen MR) is 56.1 cm³/mol. The number of hydrogen-bond acceptors (Lipinski definition) is 1. The number of aliphatic hydroxyl groups is 1. The highest BCUT2D eigenvalue weighted by molar-refractivity contribution is 5.40. The summed E-state index contributed by atoms with van der Waals surface area (Å²) in [7, 11) is 0. The number of rotatable bonds is 0. The molecule has 15 heavy (non-hydrogen) atoms. The highest BCUT2D eigenvalue weighted by Gasteiger charge is 2.52. The van der Waals surface area contributed by atoms with Crippen LogP contribution in [0.15, 0.2) is 24.3 Å². The van der Waals surface area contributed by atoms with Gasteiger partial charge >= 0.3 is 0 Å². The van der Waals surface area contributed by atoms with E-state index in [1.54, 1.807) is 24.3 Å². The van der Waals surface area contributed by atoms with Crippen LogP contribution < -0.4 is 0 Å². The van der Waals surface area contributed by atoms with Crippen LogP contribution in [-0.2, 0) is 0 Å². The maximum absolute atomic E-state index is 13.3. The molecule has 3 heteroatoms. The zero-order chi connectivity index (χ0) is 11.6. The molecule has 0 aliphatic heterocycles. The summed E-state index contributed by atoms with van der Waals surface area (Å²) >= 11 is 0. The molecule has 0 spiro atoms. The zero-order valence-electron chi connectivity index (χ0n) is 9.17. The molecule has 1 nitrogen and oxygen atoms in total. The van der Waals surface area contributed by atoms with Gasteiger partial charge in [-0.25, -0.2) is 8.78 Å². The monoisotopic (exact) mass is 214 g/mol. The van der Waals surface area contributed by atoms with Gasteiger partial charge in [0.25, 0.3) is 5.92 Å². The molecule has 84 valence electrons. The van der Waals surface area contributed by atoms with Crippen molar-refractivity contribution in [1.29, 1.82) is 0 Å². The van der Waals surface area contributed by atoms with Crippen molar-refractivity contribution in [3.05, 3.63) is 35.4 Å². The van der Waals surface area contributed by atoms with Crippen molar-refractivity contribution in [2.24, 2.45) is 0 Å². The van der Waals surface area contributed by atoms with Crippen LogP contribution in [0.1, 0.15) is 43.9 Å². The lowest BCUT2D eigenvalue weighted by molar-refractivity contribution is -0.112. The molecule has 1 aliphatic carbocycles. The van der Waals surface area contributed by atoms with Crippen LogP contribution in [0.2, 0.25) is 0 Å². The van der Waals surface area contributed by atoms with Gasteiger partial charge in [0.1, 0.15) is 6.10 Å². The Labute approximate surface area is 88.7 Å². The highest BCUT2D eigenvalue weighted by atomic mass is 19.3. The van der Waals surface area contributed by atoms with Crippen LogP contribution in [0.4, 0.5) is 8.78 Å². The molecule has 0 saturated carbocycles. The number of halogens is 2. The first-order chi connectivity index (χ1) is 7.05. The summed E-state index contributed by atoms with van der Waals surface area (Å²) in [5, 5.41) is 9.33. The molecule has 0 bridgehead atoms. The smallest absolute Gasteiger partial charge is 0.284 e. The molecule has 0 heterocycles. The third-order valence-corrected chi connectivity index (χ3v) is 2.70. The van der Waals surface area contributed by atoms with E-state index in [4.69, 9.17) is 0 Å². The lowest BCUT2D eigenvalue weighted by Gasteiger charge is -2.18. The van der Waals surface area contributed by atoms with Crippen molar-refractivity contribution < 1.29 is 13.9 Å². The van der Waals surface area contributed by atoms with Crippen LogP contribution in [-0.4, -0.2) is 11.0 Å². The first kappa shape index (κ1) is 12.1. The maximum Gasteiger partial charge on any atom is 0.284 e. The van der Waals surface area contributed by atoms with Crippen molar-refractivity contribution in [2.75, 3.05) is 0 Å². The van der Waals surface area contributed by atoms with Gasteiger partial charge in [0.15, 0.2) is 0 Å². The van der Waals surface area contributed by atoms with Gasteiger partial charge in [0.05, 0.1) is 0 Å². The topological polar surface area (TPSA) is 20.2 Å². The summed E-state index contributed by atoms with van der Waals surface area (Å²) in [6.45, 7) is 5.44. The zero-order valence-corrected chi connectivity index (χ0v) is 9.17. The third-order valence-electron chi connectivity index (χ3n) is 2.70. The fraction of sp³-hybridized carbons (Fsp3) is 0.500. The van der Waals surface area contributed by atoms with E-state index in [-0.39, 0.29) is 0 Å². The summed E-state index contributed by atoms with van der Waals surface area (Å²) in [5.41, 5.74) is 0.917. The largest absolute Gasteiger partial charge is 0.382 e. The van der Waals surface area contributed by atoms with Gasteiger partial charge in [0.2, 0.25) is 0 Å². The molecule has 1 N–H and O–H groups in total. The van der Waals surface area contributed by atoms with Crippen LogP contribution in [0.3, 0.4) is 0 Å². The third kappa shape index (κ3) is 1.76. The van der Waals surface area contributed by atoms with E-state index in [1.165, 1.54) is 6.92 Å². The number of fused-ring (bicyclic) bond motifs is 1. The van der Waals surface area contributed by atoms with Crippen molar-refractivity contribution in [3.8, 4) is 0 Å². The molecule has 1 aromatic carbocycles. The molecule has 2 rings (SSSR count). The number of alkyl halides is 2. The van der Waals surface area contributed by atoms with Crippen molar-refractivity contribution in [2.45, 2.75) is 38.7 Å². The fourth-order valence-corrected chi connectivity index (χ4v) is 1.81. The van der Waals surface area contributed by atoms with Gasteiger partial charge in [-0.3, -0.25) is 0 Å². The van der Waals surface area contributed by atoms with Crippen LogP contribution in [0.5, 0.6) is 0 Å². The molecule has 1 aliphatic rings. The number of aliphatic hydroxyl groups excluding tert-OH is 1. The Balaban J connectivity index is 0.000000531. The first-order valence-electron chi connectivity index (χ1n) is 5.20. The second kappa shape index (κ2) is 4.27. The lowest BCUT2D eigenvalue weighted by atomic mass is 10.0. The van der Waals surface area contributed by atoms with Crippen molar-refractivity contribution >= 4 is 0 Å². The van der Waals surface area contributed by atoms with E-state index in [2.05, 4.69) is 0 Å². The van der Waals surface area contributed by atoms with Gasteiger partial charge in [-0.15, -0.1) is 0 Å². The lowest BCUT2D eigenvalue weighted by Crippen LogP contribution is -2.24. The van der Waals surface area contributed by atoms with Crippen LogP contribution in [0.25, 0.3) is 0 Å². The molecule has 0 saturated heterocycles. The standard InChI is InChI=1S/C10H10F2O.C2H6/c1-6-7-4-2-3-5-8(7)9(13)10(6,11)12;1-2/h2-6,9,13H,1H3;1-2H3/t6-,9+;/m0./s1. The molecule has 2 atom stereocenters. The Morgan fingerprint density at radius 2 is 1.60 bits per heavy atom. The van der Waals surface area contributed by atoms with E-state index in [0.29, 0.717) is 11.1 Å². The molecular weight excluding hydrogens is 198 g/mol. The minimum atomic E-state index is -3.02. The van der Waals surface area contributed by atoms with E-state index >= 15 is 0 Å². The van der Waals surface area contributed by atoms with Crippen LogP contribution in [0, 0.1) is 0 Å². The summed E-state index contributed by atoms with van der Waals surface area (Å²) in [5.74, 6) is -3.91. The van der Waals surface area contributed by atoms with E-state index in [1.807, 2.05) is 13.8 Å². The summed E-state index contributed by atoms with van der Waals surface area (Å²) in [6, 6.07) is 6.57. The minimum absolute atomic E-state index is 0.361. The van der Waals surface area contributed by atoms with Gasteiger partial charge < -0.3 is 5.11 Å². The van der Waals surface area contributed by atoms with E-state index in [9.17, 15) is 13.9 Å². The van der Waals surface area contributed by atoms with Gasteiger partial charge in [-0.1, -0.05) is 45.0 Å². The molecule has 0 aromatic heterocycles. The SMILES string of the molecule is CC.C[C@H]1c2ccccc2[C@@H](O)C1(F)F. The molecule has 1 aromatic rings. The number of hydrogen-bond donors (Lipinski definition) is 1. The highest BCUT2D eigenvalue weighted by Crippen LogP contribution is 2.50. The Bertz CT molecular complexity index is 305. The van der Waals surface area contributed by atoms with E-state index in [0.717, 1.165) is 0 Å². The minimum Gasteiger partial charge on any atom is -0.382 e. The van der Waals surface area contributed by atoms with Gasteiger partial charge in [-0.05, 0) is 11.1 Å². The molecule has 0 fully saturated rings. The normalized spacial score (nSPS) is 26.5. The van der Waals surface area contributed by atoms with Gasteiger partial charge in [-0.2, -0.15) is 0 Å². The second-order valence-corrected chi connectivity index (χ2v) is 3.43. The first-order valence-corrected chi connectivity index (χ1v) is 5.20. The van der Waals surface area contributed by atoms with Crippen molar-refractivity contribution in [3.63, 3.8) is 0 Å². The Morgan fingerprint density at radius 1 is 1.13 bits per heavy atom. The maximum atomic E-state index is 13.3. The van der Waals surface area contributed by atoms with Crippen LogP contribution >= 0.6 is 0 Å². The predicted octanol–water partition coefficient (Wildman–Crippen LogP) is 3.50. The summed E-state index contributed by atoms with van der Waals surface area (Å²) in [6.07, 6.45) is -1.64. The Morgan fingerprint density at radius 3 is 2.07 bits per heavy atom. The van der Waals surface area contributed by atoms with Gasteiger partial charge in [0, 0.05) is 5.92 Å².